The van der Waals surface area contributed by atoms with E-state index in [-0.39, 0.29) is 5.92 Å². The van der Waals surface area contributed by atoms with E-state index in [1.165, 1.54) is 22.3 Å². The molecule has 0 saturated carbocycles. The molecule has 0 spiro atoms. The summed E-state index contributed by atoms with van der Waals surface area (Å²) >= 11 is 0. The summed E-state index contributed by atoms with van der Waals surface area (Å²) in [5.74, 6) is 0.222. The second kappa shape index (κ2) is 7.04. The molecule has 2 unspecified atom stereocenters. The molecule has 0 N–H and O–H groups in total. The number of hydrogen-bond donors (Lipinski definition) is 0. The zero-order valence-corrected chi connectivity index (χ0v) is 14.7. The Morgan fingerprint density at radius 3 is 2.88 bits per heavy atom. The molecule has 1 fully saturated rings. The lowest BCUT2D eigenvalue weighted by atomic mass is 9.90. The highest BCUT2D eigenvalue weighted by molar-refractivity contribution is 5.80. The number of aromatic nitrogens is 2. The molecule has 1 saturated heterocycles. The highest BCUT2D eigenvalue weighted by atomic mass is 19.1. The van der Waals surface area contributed by atoms with E-state index in [0.29, 0.717) is 13.0 Å². The molecule has 1 aromatic carbocycles. The van der Waals surface area contributed by atoms with Gasteiger partial charge in [0.2, 0.25) is 0 Å². The standard InChI is InChI=1S/C21H24FN3/c1-15(20-7-4-10-23-24-20)21-17(8-11-25-12-9-18(22)14-25)13-16-5-2-3-6-19(16)21/h2-7,10,15,18H,8-9,11-14H2,1H3. The second-order valence-corrected chi connectivity index (χ2v) is 7.16. The van der Waals surface area contributed by atoms with Gasteiger partial charge in [0.25, 0.3) is 0 Å². The van der Waals surface area contributed by atoms with Crippen molar-refractivity contribution >= 4 is 5.57 Å². The first-order chi connectivity index (χ1) is 12.2. The van der Waals surface area contributed by atoms with Crippen LogP contribution in [0.2, 0.25) is 0 Å². The average molecular weight is 337 g/mol. The molecular weight excluding hydrogens is 313 g/mol. The summed E-state index contributed by atoms with van der Waals surface area (Å²) in [7, 11) is 0. The zero-order valence-electron chi connectivity index (χ0n) is 14.7. The lowest BCUT2D eigenvalue weighted by Gasteiger charge is -2.19. The van der Waals surface area contributed by atoms with Gasteiger partial charge in [0.1, 0.15) is 6.17 Å². The van der Waals surface area contributed by atoms with E-state index in [1.807, 2.05) is 6.07 Å². The quantitative estimate of drug-likeness (QED) is 0.825. The number of fused-ring (bicyclic) bond motifs is 1. The van der Waals surface area contributed by atoms with E-state index in [4.69, 9.17) is 0 Å². The molecule has 1 aromatic heterocycles. The number of likely N-dealkylation sites (tertiary alicyclic amines) is 1. The van der Waals surface area contributed by atoms with Crippen molar-refractivity contribution < 1.29 is 4.39 Å². The molecular formula is C21H24FN3. The Labute approximate surface area is 148 Å². The van der Waals surface area contributed by atoms with Gasteiger partial charge in [0.05, 0.1) is 5.69 Å². The second-order valence-electron chi connectivity index (χ2n) is 7.16. The Balaban J connectivity index is 1.61. The molecule has 2 aliphatic rings. The van der Waals surface area contributed by atoms with Crippen LogP contribution in [0.4, 0.5) is 4.39 Å². The van der Waals surface area contributed by atoms with Gasteiger partial charge < -0.3 is 4.90 Å². The number of nitrogens with zero attached hydrogens (tertiary/aromatic N) is 3. The monoisotopic (exact) mass is 337 g/mol. The van der Waals surface area contributed by atoms with Crippen LogP contribution in [0.1, 0.15) is 42.5 Å². The summed E-state index contributed by atoms with van der Waals surface area (Å²) in [6.07, 6.45) is 3.76. The van der Waals surface area contributed by atoms with Crippen LogP contribution in [-0.2, 0) is 6.42 Å². The number of allylic oxidation sites excluding steroid dienone is 1. The third kappa shape index (κ3) is 3.36. The Kier molecular flexibility index (Phi) is 4.62. The van der Waals surface area contributed by atoms with Gasteiger partial charge in [-0.2, -0.15) is 10.2 Å². The minimum absolute atomic E-state index is 0.222. The Morgan fingerprint density at radius 1 is 1.24 bits per heavy atom. The summed E-state index contributed by atoms with van der Waals surface area (Å²) in [6, 6.07) is 12.7. The Bertz CT molecular complexity index is 772. The van der Waals surface area contributed by atoms with Crippen molar-refractivity contribution in [2.75, 3.05) is 19.6 Å². The molecule has 25 heavy (non-hydrogen) atoms. The number of hydrogen-bond acceptors (Lipinski definition) is 3. The van der Waals surface area contributed by atoms with E-state index in [1.54, 1.807) is 6.20 Å². The van der Waals surface area contributed by atoms with Crippen LogP contribution in [0, 0.1) is 0 Å². The summed E-state index contributed by atoms with van der Waals surface area (Å²) in [5.41, 5.74) is 6.62. The van der Waals surface area contributed by atoms with Gasteiger partial charge in [-0.15, -0.1) is 0 Å². The zero-order chi connectivity index (χ0) is 17.2. The summed E-state index contributed by atoms with van der Waals surface area (Å²) < 4.78 is 13.4. The fraction of sp³-hybridized carbons (Fsp3) is 0.429. The van der Waals surface area contributed by atoms with Gasteiger partial charge in [-0.1, -0.05) is 36.8 Å². The molecule has 3 nitrogen and oxygen atoms in total. The number of halogens is 1. The van der Waals surface area contributed by atoms with Crippen molar-refractivity contribution in [1.29, 1.82) is 0 Å². The van der Waals surface area contributed by atoms with Crippen LogP contribution in [0.5, 0.6) is 0 Å². The van der Waals surface area contributed by atoms with Crippen LogP contribution in [0.3, 0.4) is 0 Å². The number of benzene rings is 1. The molecule has 2 heterocycles. The van der Waals surface area contributed by atoms with Crippen molar-refractivity contribution in [2.45, 2.75) is 38.3 Å². The maximum atomic E-state index is 13.4. The molecule has 2 aromatic rings. The third-order valence-electron chi connectivity index (χ3n) is 5.51. The molecule has 1 aliphatic carbocycles. The fourth-order valence-electron chi connectivity index (χ4n) is 4.19. The van der Waals surface area contributed by atoms with Gasteiger partial charge in [-0.25, -0.2) is 4.39 Å². The van der Waals surface area contributed by atoms with Gasteiger partial charge >= 0.3 is 0 Å². The smallest absolute Gasteiger partial charge is 0.114 e. The predicted octanol–water partition coefficient (Wildman–Crippen LogP) is 4.02. The van der Waals surface area contributed by atoms with Crippen molar-refractivity contribution in [2.24, 2.45) is 0 Å². The largest absolute Gasteiger partial charge is 0.300 e. The van der Waals surface area contributed by atoms with E-state index < -0.39 is 6.17 Å². The molecule has 130 valence electrons. The lowest BCUT2D eigenvalue weighted by Crippen LogP contribution is -2.22. The normalized spacial score (nSPS) is 21.6. The lowest BCUT2D eigenvalue weighted by molar-refractivity contribution is 0.290. The minimum Gasteiger partial charge on any atom is -0.300 e. The molecule has 1 aliphatic heterocycles. The topological polar surface area (TPSA) is 29.0 Å². The molecule has 0 bridgehead atoms. The first kappa shape index (κ1) is 16.4. The van der Waals surface area contributed by atoms with Crippen LogP contribution in [0.25, 0.3) is 5.57 Å². The summed E-state index contributed by atoms with van der Waals surface area (Å²) in [4.78, 5) is 2.26. The van der Waals surface area contributed by atoms with Gasteiger partial charge in [0.15, 0.2) is 0 Å². The fourth-order valence-corrected chi connectivity index (χ4v) is 4.19. The Morgan fingerprint density at radius 2 is 2.12 bits per heavy atom. The third-order valence-corrected chi connectivity index (χ3v) is 5.51. The van der Waals surface area contributed by atoms with E-state index in [9.17, 15) is 4.39 Å². The number of rotatable bonds is 5. The molecule has 0 radical (unpaired) electrons. The summed E-state index contributed by atoms with van der Waals surface area (Å²) in [5, 5.41) is 8.39. The molecule has 4 heteroatoms. The van der Waals surface area contributed by atoms with Crippen LogP contribution < -0.4 is 0 Å². The maximum absolute atomic E-state index is 13.4. The van der Waals surface area contributed by atoms with Crippen LogP contribution in [-0.4, -0.2) is 40.9 Å². The predicted molar refractivity (Wildman–Crippen MR) is 98.1 cm³/mol. The van der Waals surface area contributed by atoms with Crippen LogP contribution >= 0.6 is 0 Å². The Hall–Kier alpha value is -2.07. The van der Waals surface area contributed by atoms with Crippen molar-refractivity contribution in [3.05, 3.63) is 65.0 Å². The first-order valence-electron chi connectivity index (χ1n) is 9.16. The van der Waals surface area contributed by atoms with E-state index in [2.05, 4.69) is 52.4 Å². The molecule has 2 atom stereocenters. The van der Waals surface area contributed by atoms with E-state index in [0.717, 1.165) is 31.6 Å². The van der Waals surface area contributed by atoms with Crippen molar-refractivity contribution in [1.82, 2.24) is 15.1 Å². The van der Waals surface area contributed by atoms with Crippen molar-refractivity contribution in [3.63, 3.8) is 0 Å². The molecule has 4 rings (SSSR count). The van der Waals surface area contributed by atoms with E-state index >= 15 is 0 Å². The highest BCUT2D eigenvalue weighted by Gasteiger charge is 2.28. The minimum atomic E-state index is -0.646. The average Bonchev–Trinajstić information content (AvgIpc) is 3.23. The molecule has 0 amide bonds. The van der Waals surface area contributed by atoms with Crippen molar-refractivity contribution in [3.8, 4) is 0 Å². The first-order valence-corrected chi connectivity index (χ1v) is 9.16. The SMILES string of the molecule is CC(C1=C(CCN2CCC(F)C2)Cc2ccccc21)c1cccnn1. The number of alkyl halides is 1. The van der Waals surface area contributed by atoms with Crippen LogP contribution in [0.15, 0.2) is 48.2 Å². The highest BCUT2D eigenvalue weighted by Crippen LogP contribution is 2.42. The van der Waals surface area contributed by atoms with Gasteiger partial charge in [-0.3, -0.25) is 0 Å². The van der Waals surface area contributed by atoms with Gasteiger partial charge in [0, 0.05) is 31.7 Å². The van der Waals surface area contributed by atoms with Gasteiger partial charge in [-0.05, 0) is 48.1 Å². The maximum Gasteiger partial charge on any atom is 0.114 e. The summed E-state index contributed by atoms with van der Waals surface area (Å²) in [6.45, 7) is 4.64.